The van der Waals surface area contributed by atoms with Crippen molar-refractivity contribution in [1.82, 2.24) is 9.97 Å². The van der Waals surface area contributed by atoms with Gasteiger partial charge in [0.25, 0.3) is 0 Å². The van der Waals surface area contributed by atoms with Gasteiger partial charge in [-0.05, 0) is 24.3 Å². The van der Waals surface area contributed by atoms with Crippen LogP contribution >= 0.6 is 22.9 Å². The Morgan fingerprint density at radius 2 is 1.86 bits per heavy atom. The van der Waals surface area contributed by atoms with Crippen LogP contribution in [-0.4, -0.2) is 9.97 Å². The summed E-state index contributed by atoms with van der Waals surface area (Å²) in [7, 11) is 0. The summed E-state index contributed by atoms with van der Waals surface area (Å²) >= 11 is 6.93. The number of halogens is 5. The Bertz CT molecular complexity index is 829. The summed E-state index contributed by atoms with van der Waals surface area (Å²) in [6.07, 6.45) is -3.29. The summed E-state index contributed by atoms with van der Waals surface area (Å²) in [6.45, 7) is 0. The quantitative estimate of drug-likeness (QED) is 0.454. The van der Waals surface area contributed by atoms with Gasteiger partial charge in [0.15, 0.2) is 0 Å². The summed E-state index contributed by atoms with van der Waals surface area (Å²) in [5.41, 5.74) is -0.579. The molecular weight excluding hydrogens is 328 g/mol. The Kier molecular flexibility index (Phi) is 3.33. The molecule has 0 spiro atoms. The van der Waals surface area contributed by atoms with Crippen LogP contribution in [0.25, 0.3) is 20.7 Å². The first-order valence-electron chi connectivity index (χ1n) is 5.63. The molecule has 8 heteroatoms. The molecule has 0 radical (unpaired) electrons. The van der Waals surface area contributed by atoms with Crippen LogP contribution in [0.3, 0.4) is 0 Å². The van der Waals surface area contributed by atoms with Crippen LogP contribution in [0.4, 0.5) is 17.6 Å². The van der Waals surface area contributed by atoms with E-state index in [4.69, 9.17) is 11.6 Å². The second-order valence-corrected chi connectivity index (χ2v) is 5.59. The van der Waals surface area contributed by atoms with Gasteiger partial charge in [-0.1, -0.05) is 11.6 Å². The topological polar surface area (TPSA) is 25.8 Å². The van der Waals surface area contributed by atoms with E-state index in [0.717, 1.165) is 23.5 Å². The molecule has 2 aromatic heterocycles. The SMILES string of the molecule is Fc1ccc(C(F)(F)F)cc1-c1cc2ncnc(Cl)c2s1. The Labute approximate surface area is 125 Å². The molecule has 0 aliphatic rings. The molecule has 21 heavy (non-hydrogen) atoms. The molecule has 2 nitrogen and oxygen atoms in total. The molecule has 0 N–H and O–H groups in total. The molecule has 3 aromatic rings. The molecule has 2 heterocycles. The van der Waals surface area contributed by atoms with Gasteiger partial charge < -0.3 is 0 Å². The van der Waals surface area contributed by atoms with Crippen LogP contribution in [-0.2, 0) is 6.18 Å². The van der Waals surface area contributed by atoms with Crippen molar-refractivity contribution in [1.29, 1.82) is 0 Å². The second kappa shape index (κ2) is 4.92. The normalized spacial score (nSPS) is 12.0. The molecular formula is C13H5ClF4N2S. The largest absolute Gasteiger partial charge is 0.416 e. The zero-order valence-corrected chi connectivity index (χ0v) is 11.7. The lowest BCUT2D eigenvalue weighted by atomic mass is 10.1. The number of hydrogen-bond donors (Lipinski definition) is 0. The third kappa shape index (κ3) is 2.58. The Morgan fingerprint density at radius 1 is 1.10 bits per heavy atom. The number of fused-ring (bicyclic) bond motifs is 1. The molecule has 0 amide bonds. The van der Waals surface area contributed by atoms with Gasteiger partial charge in [-0.15, -0.1) is 11.3 Å². The number of alkyl halides is 3. The van der Waals surface area contributed by atoms with E-state index in [1.165, 1.54) is 12.4 Å². The highest BCUT2D eigenvalue weighted by molar-refractivity contribution is 7.22. The Balaban J connectivity index is 2.20. The third-order valence-corrected chi connectivity index (χ3v) is 4.39. The molecule has 0 aliphatic carbocycles. The molecule has 0 atom stereocenters. The highest BCUT2D eigenvalue weighted by atomic mass is 35.5. The minimum Gasteiger partial charge on any atom is -0.235 e. The number of thiophene rings is 1. The molecule has 0 unspecified atom stereocenters. The first-order valence-corrected chi connectivity index (χ1v) is 6.83. The zero-order valence-electron chi connectivity index (χ0n) is 10.1. The summed E-state index contributed by atoms with van der Waals surface area (Å²) in [5.74, 6) is -0.737. The zero-order chi connectivity index (χ0) is 15.2. The minimum atomic E-state index is -4.53. The third-order valence-electron chi connectivity index (χ3n) is 2.83. The molecule has 0 fully saturated rings. The van der Waals surface area contributed by atoms with E-state index in [0.29, 0.717) is 21.2 Å². The Morgan fingerprint density at radius 3 is 2.52 bits per heavy atom. The number of aromatic nitrogens is 2. The fraction of sp³-hybridized carbons (Fsp3) is 0.0769. The fourth-order valence-electron chi connectivity index (χ4n) is 1.85. The predicted octanol–water partition coefficient (Wildman–Crippen LogP) is 5.17. The van der Waals surface area contributed by atoms with Crippen molar-refractivity contribution in [2.75, 3.05) is 0 Å². The summed E-state index contributed by atoms with van der Waals surface area (Å²) in [6, 6.07) is 3.78. The Hall–Kier alpha value is -1.73. The monoisotopic (exact) mass is 332 g/mol. The molecule has 3 rings (SSSR count). The average Bonchev–Trinajstić information content (AvgIpc) is 2.83. The first kappa shape index (κ1) is 14.2. The fourth-order valence-corrected chi connectivity index (χ4v) is 3.11. The van der Waals surface area contributed by atoms with Crippen LogP contribution in [0, 0.1) is 5.82 Å². The first-order chi connectivity index (χ1) is 9.86. The van der Waals surface area contributed by atoms with Crippen LogP contribution in [0.5, 0.6) is 0 Å². The van der Waals surface area contributed by atoms with E-state index in [-0.39, 0.29) is 10.7 Å². The minimum absolute atomic E-state index is 0.135. The van der Waals surface area contributed by atoms with Crippen LogP contribution in [0.2, 0.25) is 5.15 Å². The van der Waals surface area contributed by atoms with Crippen LogP contribution in [0.1, 0.15) is 5.56 Å². The van der Waals surface area contributed by atoms with Gasteiger partial charge in [0.1, 0.15) is 17.3 Å². The number of benzene rings is 1. The van der Waals surface area contributed by atoms with E-state index >= 15 is 0 Å². The molecule has 0 saturated heterocycles. The molecule has 0 aliphatic heterocycles. The van der Waals surface area contributed by atoms with Crippen molar-refractivity contribution >= 4 is 33.2 Å². The second-order valence-electron chi connectivity index (χ2n) is 4.18. The lowest BCUT2D eigenvalue weighted by Crippen LogP contribution is -2.05. The number of rotatable bonds is 1. The predicted molar refractivity (Wildman–Crippen MR) is 72.8 cm³/mol. The van der Waals surface area contributed by atoms with Gasteiger partial charge >= 0.3 is 6.18 Å². The lowest BCUT2D eigenvalue weighted by molar-refractivity contribution is -0.137. The van der Waals surface area contributed by atoms with Gasteiger partial charge in [-0.3, -0.25) is 0 Å². The average molecular weight is 333 g/mol. The smallest absolute Gasteiger partial charge is 0.235 e. The maximum Gasteiger partial charge on any atom is 0.416 e. The maximum absolute atomic E-state index is 13.8. The van der Waals surface area contributed by atoms with E-state index in [2.05, 4.69) is 9.97 Å². The van der Waals surface area contributed by atoms with Crippen LogP contribution in [0.15, 0.2) is 30.6 Å². The highest BCUT2D eigenvalue weighted by Crippen LogP contribution is 2.39. The van der Waals surface area contributed by atoms with Crippen molar-refractivity contribution in [3.63, 3.8) is 0 Å². The van der Waals surface area contributed by atoms with E-state index in [1.54, 1.807) is 0 Å². The standard InChI is InChI=1S/C13H5ClF4N2S/c14-12-11-9(19-5-20-12)4-10(21-11)7-3-6(13(16,17)18)1-2-8(7)15/h1-5H. The van der Waals surface area contributed by atoms with Gasteiger partial charge in [0.05, 0.1) is 15.8 Å². The van der Waals surface area contributed by atoms with E-state index < -0.39 is 17.6 Å². The number of hydrogen-bond acceptors (Lipinski definition) is 3. The molecule has 0 saturated carbocycles. The maximum atomic E-state index is 13.8. The van der Waals surface area contributed by atoms with Gasteiger partial charge in [0, 0.05) is 10.4 Å². The van der Waals surface area contributed by atoms with Crippen molar-refractivity contribution in [2.45, 2.75) is 6.18 Å². The van der Waals surface area contributed by atoms with Crippen molar-refractivity contribution in [2.24, 2.45) is 0 Å². The summed E-state index contributed by atoms with van der Waals surface area (Å²) < 4.78 is 52.5. The summed E-state index contributed by atoms with van der Waals surface area (Å²) in [4.78, 5) is 8.06. The highest BCUT2D eigenvalue weighted by Gasteiger charge is 2.31. The number of nitrogens with zero attached hydrogens (tertiary/aromatic N) is 2. The van der Waals surface area contributed by atoms with Crippen molar-refractivity contribution in [3.05, 3.63) is 47.1 Å². The molecule has 108 valence electrons. The lowest BCUT2D eigenvalue weighted by Gasteiger charge is -2.08. The van der Waals surface area contributed by atoms with Crippen molar-refractivity contribution in [3.8, 4) is 10.4 Å². The van der Waals surface area contributed by atoms with Gasteiger partial charge in [-0.2, -0.15) is 13.2 Å². The van der Waals surface area contributed by atoms with Gasteiger partial charge in [0.2, 0.25) is 0 Å². The van der Waals surface area contributed by atoms with Crippen LogP contribution < -0.4 is 0 Å². The molecule has 1 aromatic carbocycles. The molecule has 0 bridgehead atoms. The van der Waals surface area contributed by atoms with E-state index in [1.807, 2.05) is 0 Å². The van der Waals surface area contributed by atoms with E-state index in [9.17, 15) is 17.6 Å². The van der Waals surface area contributed by atoms with Crippen molar-refractivity contribution < 1.29 is 17.6 Å². The summed E-state index contributed by atoms with van der Waals surface area (Å²) in [5, 5.41) is 0.184. The van der Waals surface area contributed by atoms with Gasteiger partial charge in [-0.25, -0.2) is 14.4 Å².